The molecule has 0 saturated carbocycles. The molecule has 0 saturated heterocycles. The molecule has 0 bridgehead atoms. The summed E-state index contributed by atoms with van der Waals surface area (Å²) in [6, 6.07) is 24.7. The van der Waals surface area contributed by atoms with E-state index in [1.807, 2.05) is 85.8 Å². The molecule has 0 fully saturated rings. The van der Waals surface area contributed by atoms with E-state index in [2.05, 4.69) is 12.2 Å². The molecule has 3 aromatic carbocycles. The van der Waals surface area contributed by atoms with Crippen LogP contribution in [0.5, 0.6) is 0 Å². The van der Waals surface area contributed by atoms with Crippen LogP contribution in [0.25, 0.3) is 11.1 Å². The summed E-state index contributed by atoms with van der Waals surface area (Å²) in [4.78, 5) is 27.1. The first kappa shape index (κ1) is 28.7. The number of aryl methyl sites for hydroxylation is 1. The standard InChI is InChI=1S/C32H39NO3S/c1-3-4-5-6-7-11-22-33-30(32(35)36)29(23-37-28-20-14-24(2)15-21-28)31(34)27-18-16-26(17-19-27)25-12-9-8-10-13-25/h8-10,12-21,29-30,33H,3-7,11,22-23H2,1-2H3,(H,35,36). The summed E-state index contributed by atoms with van der Waals surface area (Å²) >= 11 is 1.53. The lowest BCUT2D eigenvalue weighted by Gasteiger charge is -2.24. The van der Waals surface area contributed by atoms with Crippen LogP contribution in [0.15, 0.2) is 83.8 Å². The fraction of sp³-hybridized carbons (Fsp3) is 0.375. The van der Waals surface area contributed by atoms with Crippen LogP contribution in [-0.4, -0.2) is 35.2 Å². The molecule has 0 radical (unpaired) electrons. The van der Waals surface area contributed by atoms with Gasteiger partial charge >= 0.3 is 5.97 Å². The lowest BCUT2D eigenvalue weighted by Crippen LogP contribution is -2.47. The number of carbonyl (C=O) groups excluding carboxylic acids is 1. The molecule has 2 unspecified atom stereocenters. The molecule has 0 spiro atoms. The average molecular weight is 518 g/mol. The predicted octanol–water partition coefficient (Wildman–Crippen LogP) is 7.66. The molecule has 3 aromatic rings. The molecule has 2 N–H and O–H groups in total. The number of carboxylic acids is 1. The van der Waals surface area contributed by atoms with Crippen molar-refractivity contribution in [1.29, 1.82) is 0 Å². The van der Waals surface area contributed by atoms with Crippen molar-refractivity contribution in [2.24, 2.45) is 5.92 Å². The van der Waals surface area contributed by atoms with Gasteiger partial charge in [0.1, 0.15) is 6.04 Å². The van der Waals surface area contributed by atoms with Gasteiger partial charge in [-0.15, -0.1) is 11.8 Å². The van der Waals surface area contributed by atoms with Crippen molar-refractivity contribution in [3.8, 4) is 11.1 Å². The molecule has 0 amide bonds. The van der Waals surface area contributed by atoms with Crippen LogP contribution in [0.4, 0.5) is 0 Å². The van der Waals surface area contributed by atoms with Gasteiger partial charge in [-0.1, -0.05) is 111 Å². The van der Waals surface area contributed by atoms with E-state index in [0.717, 1.165) is 35.3 Å². The van der Waals surface area contributed by atoms with Gasteiger partial charge in [-0.3, -0.25) is 9.59 Å². The molecule has 5 heteroatoms. The zero-order valence-corrected chi connectivity index (χ0v) is 22.8. The molecule has 196 valence electrons. The van der Waals surface area contributed by atoms with Crippen LogP contribution in [0, 0.1) is 12.8 Å². The van der Waals surface area contributed by atoms with Gasteiger partial charge in [-0.05, 0) is 43.1 Å². The van der Waals surface area contributed by atoms with Gasteiger partial charge < -0.3 is 10.4 Å². The topological polar surface area (TPSA) is 66.4 Å². The summed E-state index contributed by atoms with van der Waals surface area (Å²) in [5.41, 5.74) is 3.82. The molecule has 37 heavy (non-hydrogen) atoms. The Hall–Kier alpha value is -2.89. The van der Waals surface area contributed by atoms with Crippen molar-refractivity contribution in [2.75, 3.05) is 12.3 Å². The minimum absolute atomic E-state index is 0.137. The van der Waals surface area contributed by atoms with Gasteiger partial charge in [-0.25, -0.2) is 0 Å². The number of unbranched alkanes of at least 4 members (excludes halogenated alkanes) is 5. The monoisotopic (exact) mass is 517 g/mol. The van der Waals surface area contributed by atoms with Gasteiger partial charge in [-0.2, -0.15) is 0 Å². The van der Waals surface area contributed by atoms with E-state index in [-0.39, 0.29) is 5.78 Å². The summed E-state index contributed by atoms with van der Waals surface area (Å²) in [7, 11) is 0. The van der Waals surface area contributed by atoms with Crippen molar-refractivity contribution in [2.45, 2.75) is 63.3 Å². The Labute approximate surface area is 225 Å². The van der Waals surface area contributed by atoms with Crippen LogP contribution in [0.3, 0.4) is 0 Å². The van der Waals surface area contributed by atoms with Crippen molar-refractivity contribution < 1.29 is 14.7 Å². The molecule has 0 aliphatic heterocycles. The van der Waals surface area contributed by atoms with Crippen LogP contribution in [0.1, 0.15) is 61.4 Å². The van der Waals surface area contributed by atoms with Crippen molar-refractivity contribution in [3.05, 3.63) is 90.0 Å². The maximum absolute atomic E-state index is 13.7. The highest BCUT2D eigenvalue weighted by Gasteiger charge is 2.34. The summed E-state index contributed by atoms with van der Waals surface area (Å²) in [5.74, 6) is -1.41. The molecule has 0 heterocycles. The minimum Gasteiger partial charge on any atom is -0.480 e. The third-order valence-corrected chi connectivity index (χ3v) is 7.76. The smallest absolute Gasteiger partial charge is 0.321 e. The molecular formula is C32H39NO3S. The number of aliphatic carboxylic acids is 1. The van der Waals surface area contributed by atoms with Gasteiger partial charge in [0.25, 0.3) is 0 Å². The number of rotatable bonds is 16. The van der Waals surface area contributed by atoms with E-state index in [4.69, 9.17) is 0 Å². The van der Waals surface area contributed by atoms with Crippen molar-refractivity contribution in [1.82, 2.24) is 5.32 Å². The Kier molecular flexibility index (Phi) is 11.9. The quantitative estimate of drug-likeness (QED) is 0.116. The zero-order chi connectivity index (χ0) is 26.5. The average Bonchev–Trinajstić information content (AvgIpc) is 2.92. The molecule has 2 atom stereocenters. The third kappa shape index (κ3) is 9.17. The highest BCUT2D eigenvalue weighted by Crippen LogP contribution is 2.27. The first-order valence-electron chi connectivity index (χ1n) is 13.3. The largest absolute Gasteiger partial charge is 0.480 e. The summed E-state index contributed by atoms with van der Waals surface area (Å²) in [5, 5.41) is 13.3. The summed E-state index contributed by atoms with van der Waals surface area (Å²) in [6.07, 6.45) is 6.79. The van der Waals surface area contributed by atoms with E-state index in [1.165, 1.54) is 36.6 Å². The normalized spacial score (nSPS) is 12.7. The summed E-state index contributed by atoms with van der Waals surface area (Å²) < 4.78 is 0. The number of nitrogens with one attached hydrogen (secondary N) is 1. The Morgan fingerprint density at radius 1 is 0.811 bits per heavy atom. The number of hydrogen-bond acceptors (Lipinski definition) is 4. The van der Waals surface area contributed by atoms with E-state index < -0.39 is 17.9 Å². The maximum Gasteiger partial charge on any atom is 0.321 e. The van der Waals surface area contributed by atoms with Gasteiger partial charge in [0, 0.05) is 16.2 Å². The fourth-order valence-corrected chi connectivity index (χ4v) is 5.42. The van der Waals surface area contributed by atoms with Crippen LogP contribution in [0.2, 0.25) is 0 Å². The second-order valence-corrected chi connectivity index (χ2v) is 10.7. The molecule has 0 aliphatic rings. The second-order valence-electron chi connectivity index (χ2n) is 9.58. The van der Waals surface area contributed by atoms with Crippen molar-refractivity contribution in [3.63, 3.8) is 0 Å². The lowest BCUT2D eigenvalue weighted by atomic mass is 9.91. The van der Waals surface area contributed by atoms with Gasteiger partial charge in [0.05, 0.1) is 5.92 Å². The number of ketones is 1. The molecular weight excluding hydrogens is 478 g/mol. The number of Topliss-reactive ketones (excluding diaryl/α,β-unsaturated/α-hetero) is 1. The highest BCUT2D eigenvalue weighted by molar-refractivity contribution is 7.99. The Balaban J connectivity index is 1.74. The van der Waals surface area contributed by atoms with Gasteiger partial charge in [0.2, 0.25) is 0 Å². The number of carbonyl (C=O) groups is 2. The van der Waals surface area contributed by atoms with E-state index >= 15 is 0 Å². The first-order valence-corrected chi connectivity index (χ1v) is 14.3. The van der Waals surface area contributed by atoms with Crippen LogP contribution >= 0.6 is 11.8 Å². The highest BCUT2D eigenvalue weighted by atomic mass is 32.2. The van der Waals surface area contributed by atoms with Crippen LogP contribution < -0.4 is 5.32 Å². The number of hydrogen-bond donors (Lipinski definition) is 2. The molecule has 0 aromatic heterocycles. The van der Waals surface area contributed by atoms with Crippen LogP contribution in [-0.2, 0) is 4.79 Å². The van der Waals surface area contributed by atoms with E-state index in [9.17, 15) is 14.7 Å². The number of benzene rings is 3. The maximum atomic E-state index is 13.7. The Bertz CT molecular complexity index is 1100. The Morgan fingerprint density at radius 3 is 2.08 bits per heavy atom. The third-order valence-electron chi connectivity index (χ3n) is 6.63. The predicted molar refractivity (Wildman–Crippen MR) is 154 cm³/mol. The van der Waals surface area contributed by atoms with E-state index in [1.54, 1.807) is 0 Å². The first-order chi connectivity index (χ1) is 18.0. The summed E-state index contributed by atoms with van der Waals surface area (Å²) in [6.45, 7) is 4.82. The fourth-order valence-electron chi connectivity index (χ4n) is 4.38. The zero-order valence-electron chi connectivity index (χ0n) is 22.0. The Morgan fingerprint density at radius 2 is 1.43 bits per heavy atom. The molecule has 3 rings (SSSR count). The molecule has 0 aliphatic carbocycles. The SMILES string of the molecule is CCCCCCCCNC(C(=O)O)C(CSc1ccc(C)cc1)C(=O)c1ccc(-c2ccccc2)cc1. The van der Waals surface area contributed by atoms with E-state index in [0.29, 0.717) is 17.9 Å². The second kappa shape index (κ2) is 15.4. The molecule has 4 nitrogen and oxygen atoms in total. The minimum atomic E-state index is -0.977. The lowest BCUT2D eigenvalue weighted by molar-refractivity contribution is -0.140. The number of carboxylic acid groups (broad SMARTS) is 1. The number of thioether (sulfide) groups is 1. The van der Waals surface area contributed by atoms with Gasteiger partial charge in [0.15, 0.2) is 5.78 Å². The van der Waals surface area contributed by atoms with Crippen molar-refractivity contribution >= 4 is 23.5 Å².